The Balaban J connectivity index is -0.000000648. The summed E-state index contributed by atoms with van der Waals surface area (Å²) in [5, 5.41) is 20.8. The molecule has 3 heterocycles. The van der Waals surface area contributed by atoms with Crippen molar-refractivity contribution >= 4 is 23.5 Å². The van der Waals surface area contributed by atoms with Gasteiger partial charge in [-0.15, -0.1) is 0 Å². The summed E-state index contributed by atoms with van der Waals surface area (Å²) in [7, 11) is 0. The number of aromatic amines is 3. The maximum atomic E-state index is 3.97. The molecular formula is C12H19BN6Ti-. The summed E-state index contributed by atoms with van der Waals surface area (Å²) in [6.07, 6.45) is 5.19. The summed E-state index contributed by atoms with van der Waals surface area (Å²) < 4.78 is 0. The van der Waals surface area contributed by atoms with Crippen molar-refractivity contribution in [1.29, 1.82) is 0 Å². The molecule has 6 nitrogen and oxygen atoms in total. The fraction of sp³-hybridized carbons (Fsp3) is 0. The Bertz CT molecular complexity index is 459. The second kappa shape index (κ2) is 9.33. The molecule has 0 bridgehead atoms. The van der Waals surface area contributed by atoms with Crippen LogP contribution in [0.5, 0.6) is 0 Å². The molecule has 0 fully saturated rings. The van der Waals surface area contributed by atoms with Crippen molar-refractivity contribution in [2.75, 3.05) is 0 Å². The Kier molecular flexibility index (Phi) is 9.67. The van der Waals surface area contributed by atoms with Crippen LogP contribution in [0.4, 0.5) is 0 Å². The van der Waals surface area contributed by atoms with E-state index in [1.54, 1.807) is 18.6 Å². The number of nitrogens with one attached hydrogen (secondary N) is 3. The molecule has 3 aromatic rings. The van der Waals surface area contributed by atoms with E-state index in [9.17, 15) is 0 Å². The van der Waals surface area contributed by atoms with Crippen molar-refractivity contribution in [1.82, 2.24) is 30.6 Å². The molecule has 20 heavy (non-hydrogen) atoms. The van der Waals surface area contributed by atoms with Crippen LogP contribution in [0.25, 0.3) is 0 Å². The Hall–Kier alpha value is -1.59. The van der Waals surface area contributed by atoms with Gasteiger partial charge in [-0.1, -0.05) is 0 Å². The second-order valence-electron chi connectivity index (χ2n) is 3.47. The predicted octanol–water partition coefficient (Wildman–Crippen LogP) is -0.167. The first-order valence-electron chi connectivity index (χ1n) is 4.93. The molecule has 8 heteroatoms. The molecule has 0 saturated carbocycles. The van der Waals surface area contributed by atoms with Gasteiger partial charge in [0.1, 0.15) is 0 Å². The van der Waals surface area contributed by atoms with Gasteiger partial charge in [-0.3, -0.25) is 15.3 Å². The van der Waals surface area contributed by atoms with Gasteiger partial charge in [0, 0.05) is 35.4 Å². The van der Waals surface area contributed by atoms with Crippen molar-refractivity contribution in [2.45, 2.75) is 0 Å². The molecule has 0 amide bonds. The molecule has 1 radical (unpaired) electrons. The van der Waals surface area contributed by atoms with Crippen molar-refractivity contribution in [3.8, 4) is 0 Å². The second-order valence-corrected chi connectivity index (χ2v) is 3.47. The van der Waals surface area contributed by atoms with Crippen LogP contribution < -0.4 is 16.8 Å². The summed E-state index contributed by atoms with van der Waals surface area (Å²) in [5.74, 6) is 0. The van der Waals surface area contributed by atoms with Crippen LogP contribution in [-0.4, -0.2) is 37.3 Å². The summed E-state index contributed by atoms with van der Waals surface area (Å²) in [6, 6.07) is 5.81. The molecule has 0 spiro atoms. The first-order chi connectivity index (χ1) is 7.95. The van der Waals surface area contributed by atoms with E-state index < -0.39 is 0 Å². The van der Waals surface area contributed by atoms with Crippen LogP contribution in [0.15, 0.2) is 36.8 Å². The van der Waals surface area contributed by atoms with Crippen molar-refractivity contribution in [3.05, 3.63) is 59.1 Å². The third-order valence-corrected chi connectivity index (χ3v) is 2.50. The standard InChI is InChI=1S/C9H9BN6.3CH3.Ti.H/c1-4-11-14-7(1)10(8-2-5-12-15-8)9-3-6-13-16-9;;;;;/h1-6H,(H,11,14)(H,12,15)(H,13,16);3*1H3;;/q;3*-1;+3;-1. The van der Waals surface area contributed by atoms with E-state index in [1.165, 1.54) is 0 Å². The SMILES string of the molecule is [CH3-].[CH3-].[CH3-].[H-].[Ti+3].c1cc(B(c2ccn[nH]2)c2ccn[nH]2)[nH]n1. The maximum Gasteiger partial charge on any atom is 3.00 e. The molecular weight excluding hydrogens is 287 g/mol. The van der Waals surface area contributed by atoms with Crippen LogP contribution in [0.2, 0.25) is 0 Å². The molecule has 0 aromatic carbocycles. The average Bonchev–Trinajstić information content (AvgIpc) is 3.02. The maximum absolute atomic E-state index is 3.97. The van der Waals surface area contributed by atoms with Gasteiger partial charge in [0.25, 0.3) is 0 Å². The largest absolute Gasteiger partial charge is 3.00 e. The molecule has 3 rings (SSSR count). The van der Waals surface area contributed by atoms with Gasteiger partial charge in [-0.2, -0.15) is 15.3 Å². The predicted molar refractivity (Wildman–Crippen MR) is 80.8 cm³/mol. The van der Waals surface area contributed by atoms with Gasteiger partial charge in [-0.25, -0.2) is 0 Å². The van der Waals surface area contributed by atoms with E-state index in [2.05, 4.69) is 30.6 Å². The molecule has 105 valence electrons. The minimum Gasteiger partial charge on any atom is -1.00 e. The first kappa shape index (κ1) is 20.7. The van der Waals surface area contributed by atoms with Gasteiger partial charge in [-0.05, 0) is 18.2 Å². The molecule has 0 unspecified atom stereocenters. The van der Waals surface area contributed by atoms with Crippen LogP contribution in [-0.2, 0) is 21.7 Å². The van der Waals surface area contributed by atoms with Gasteiger partial charge in [0.05, 0.1) is 0 Å². The Labute approximate surface area is 136 Å². The topological polar surface area (TPSA) is 86.0 Å². The monoisotopic (exact) mass is 306 g/mol. The van der Waals surface area contributed by atoms with Crippen LogP contribution in [0.3, 0.4) is 0 Å². The third kappa shape index (κ3) is 3.95. The number of nitrogens with zero attached hydrogens (tertiary/aromatic N) is 3. The molecule has 0 atom stereocenters. The minimum absolute atomic E-state index is 0. The number of aromatic nitrogens is 6. The molecule has 3 aromatic heterocycles. The fourth-order valence-corrected chi connectivity index (χ4v) is 1.78. The number of hydrogen-bond acceptors (Lipinski definition) is 3. The molecule has 0 saturated heterocycles. The number of hydrogen-bond donors (Lipinski definition) is 3. The Morgan fingerprint density at radius 3 is 1.20 bits per heavy atom. The van der Waals surface area contributed by atoms with Crippen molar-refractivity contribution in [2.24, 2.45) is 0 Å². The van der Waals surface area contributed by atoms with E-state index in [1.807, 2.05) is 18.2 Å². The zero-order valence-electron chi connectivity index (χ0n) is 12.9. The summed E-state index contributed by atoms with van der Waals surface area (Å²) in [4.78, 5) is 0. The van der Waals surface area contributed by atoms with Crippen LogP contribution >= 0.6 is 0 Å². The zero-order valence-corrected chi connectivity index (χ0v) is 13.4. The Morgan fingerprint density at radius 2 is 1.00 bits per heavy atom. The third-order valence-electron chi connectivity index (χ3n) is 2.50. The van der Waals surface area contributed by atoms with E-state index in [0.29, 0.717) is 0 Å². The van der Waals surface area contributed by atoms with Crippen LogP contribution in [0.1, 0.15) is 1.43 Å². The van der Waals surface area contributed by atoms with E-state index in [-0.39, 0.29) is 52.1 Å². The number of rotatable bonds is 3. The zero-order chi connectivity index (χ0) is 10.8. The smallest absolute Gasteiger partial charge is 1.00 e. The molecule has 0 aliphatic rings. The normalized spacial score (nSPS) is 8.40. The summed E-state index contributed by atoms with van der Waals surface area (Å²) in [5.41, 5.74) is 2.98. The van der Waals surface area contributed by atoms with Gasteiger partial charge in [0.15, 0.2) is 0 Å². The van der Waals surface area contributed by atoms with Crippen LogP contribution in [0, 0.1) is 22.3 Å². The minimum atomic E-state index is 0. The summed E-state index contributed by atoms with van der Waals surface area (Å²) >= 11 is 0. The van der Waals surface area contributed by atoms with E-state index >= 15 is 0 Å². The van der Waals surface area contributed by atoms with E-state index in [0.717, 1.165) is 16.8 Å². The average molecular weight is 306 g/mol. The quantitative estimate of drug-likeness (QED) is 0.464. The molecule has 3 N–H and O–H groups in total. The number of H-pyrrole nitrogens is 3. The Morgan fingerprint density at radius 1 is 0.700 bits per heavy atom. The fourth-order valence-electron chi connectivity index (χ4n) is 1.78. The summed E-state index contributed by atoms with van der Waals surface area (Å²) in [6.45, 7) is 0.0347. The van der Waals surface area contributed by atoms with E-state index in [4.69, 9.17) is 0 Å². The van der Waals surface area contributed by atoms with Crippen molar-refractivity contribution in [3.63, 3.8) is 0 Å². The first-order valence-corrected chi connectivity index (χ1v) is 4.93. The molecule has 0 aliphatic heterocycles. The van der Waals surface area contributed by atoms with Gasteiger partial charge >= 0.3 is 28.4 Å². The van der Waals surface area contributed by atoms with Gasteiger partial charge in [0.2, 0.25) is 0 Å². The van der Waals surface area contributed by atoms with Crippen molar-refractivity contribution < 1.29 is 23.1 Å². The van der Waals surface area contributed by atoms with Gasteiger partial charge < -0.3 is 23.7 Å². The molecule has 0 aliphatic carbocycles.